The quantitative estimate of drug-likeness (QED) is 0.359. The summed E-state index contributed by atoms with van der Waals surface area (Å²) in [6, 6.07) is -1.10. The number of ether oxygens (including phenoxy) is 2. The standard InChI is InChI=1S/C20H36N4O6/c1-7-21-19(27)23(9-3)15(5)13-29-17(25)11-12-18(26)30-14-16(6)24(10-4)20(28)22-8-2/h11-12,15-16H,7-10,13-14H2,1-6H3,(H,21,27)(H,22,28)/b12-11+/t15-,16-/m0/s1. The first-order chi connectivity index (χ1) is 14.2. The van der Waals surface area contributed by atoms with Gasteiger partial charge in [0.15, 0.2) is 0 Å². The summed E-state index contributed by atoms with van der Waals surface area (Å²) in [6.45, 7) is 12.8. The summed E-state index contributed by atoms with van der Waals surface area (Å²) in [6.07, 6.45) is 1.95. The lowest BCUT2D eigenvalue weighted by molar-refractivity contribution is -0.141. The second-order valence-electron chi connectivity index (χ2n) is 6.53. The number of urea groups is 2. The zero-order valence-electron chi connectivity index (χ0n) is 18.9. The van der Waals surface area contributed by atoms with Crippen LogP contribution in [0.2, 0.25) is 0 Å². The number of carbonyl (C=O) groups is 4. The highest BCUT2D eigenvalue weighted by atomic mass is 16.5. The zero-order valence-corrected chi connectivity index (χ0v) is 18.9. The van der Waals surface area contributed by atoms with Gasteiger partial charge < -0.3 is 29.9 Å². The van der Waals surface area contributed by atoms with Crippen molar-refractivity contribution in [1.82, 2.24) is 20.4 Å². The molecule has 0 saturated heterocycles. The van der Waals surface area contributed by atoms with E-state index >= 15 is 0 Å². The van der Waals surface area contributed by atoms with Gasteiger partial charge in [0.25, 0.3) is 0 Å². The molecule has 0 aliphatic carbocycles. The first-order valence-corrected chi connectivity index (χ1v) is 10.3. The SMILES string of the molecule is CCNC(=O)N(CC)[C@@H](C)COC(=O)/C=C/C(=O)OC[C@H](C)N(CC)C(=O)NCC. The molecule has 0 radical (unpaired) electrons. The highest BCUT2D eigenvalue weighted by Crippen LogP contribution is 2.02. The van der Waals surface area contributed by atoms with Crippen molar-refractivity contribution in [2.45, 2.75) is 53.6 Å². The highest BCUT2D eigenvalue weighted by molar-refractivity contribution is 5.91. The summed E-state index contributed by atoms with van der Waals surface area (Å²) < 4.78 is 10.2. The van der Waals surface area contributed by atoms with Gasteiger partial charge in [-0.05, 0) is 41.5 Å². The maximum Gasteiger partial charge on any atom is 0.331 e. The highest BCUT2D eigenvalue weighted by Gasteiger charge is 2.20. The van der Waals surface area contributed by atoms with Crippen molar-refractivity contribution in [1.29, 1.82) is 0 Å². The Morgan fingerprint density at radius 2 is 1.07 bits per heavy atom. The molecular formula is C20H36N4O6. The fourth-order valence-electron chi connectivity index (χ4n) is 2.63. The van der Waals surface area contributed by atoms with Crippen LogP contribution in [0.1, 0.15) is 41.5 Å². The van der Waals surface area contributed by atoms with E-state index in [1.54, 1.807) is 23.6 Å². The van der Waals surface area contributed by atoms with Crippen LogP contribution in [0.15, 0.2) is 12.2 Å². The van der Waals surface area contributed by atoms with E-state index in [9.17, 15) is 19.2 Å². The molecule has 0 saturated carbocycles. The number of rotatable bonds is 12. The van der Waals surface area contributed by atoms with E-state index in [1.807, 2.05) is 27.7 Å². The number of likely N-dealkylation sites (N-methyl/N-ethyl adjacent to an activating group) is 2. The molecule has 0 unspecified atom stereocenters. The van der Waals surface area contributed by atoms with Crippen molar-refractivity contribution < 1.29 is 28.7 Å². The molecule has 0 spiro atoms. The van der Waals surface area contributed by atoms with Gasteiger partial charge in [-0.15, -0.1) is 0 Å². The molecule has 10 heteroatoms. The van der Waals surface area contributed by atoms with Gasteiger partial charge in [-0.2, -0.15) is 0 Å². The monoisotopic (exact) mass is 428 g/mol. The number of esters is 2. The Morgan fingerprint density at radius 1 is 0.733 bits per heavy atom. The molecule has 2 atom stereocenters. The summed E-state index contributed by atoms with van der Waals surface area (Å²) in [4.78, 5) is 50.6. The molecule has 0 bridgehead atoms. The normalized spacial score (nSPS) is 12.6. The molecule has 10 nitrogen and oxygen atoms in total. The van der Waals surface area contributed by atoms with Crippen molar-refractivity contribution in [2.24, 2.45) is 0 Å². The number of hydrogen-bond acceptors (Lipinski definition) is 6. The predicted molar refractivity (Wildman–Crippen MR) is 113 cm³/mol. The third-order valence-corrected chi connectivity index (χ3v) is 4.21. The summed E-state index contributed by atoms with van der Waals surface area (Å²) in [5, 5.41) is 5.39. The molecule has 4 amide bonds. The number of carbonyl (C=O) groups excluding carboxylic acids is 4. The average Bonchev–Trinajstić information content (AvgIpc) is 2.70. The summed E-state index contributed by atoms with van der Waals surface area (Å²) in [5.41, 5.74) is 0. The van der Waals surface area contributed by atoms with Crippen LogP contribution in [-0.2, 0) is 19.1 Å². The van der Waals surface area contributed by atoms with Crippen molar-refractivity contribution in [3.63, 3.8) is 0 Å². The van der Waals surface area contributed by atoms with E-state index < -0.39 is 11.9 Å². The van der Waals surface area contributed by atoms with Crippen molar-refractivity contribution in [3.05, 3.63) is 12.2 Å². The van der Waals surface area contributed by atoms with Crippen molar-refractivity contribution in [2.75, 3.05) is 39.4 Å². The van der Waals surface area contributed by atoms with Crippen LogP contribution in [0, 0.1) is 0 Å². The lowest BCUT2D eigenvalue weighted by Gasteiger charge is -2.27. The van der Waals surface area contributed by atoms with Crippen molar-refractivity contribution in [3.8, 4) is 0 Å². The van der Waals surface area contributed by atoms with Crippen LogP contribution in [0.4, 0.5) is 9.59 Å². The first-order valence-electron chi connectivity index (χ1n) is 10.3. The molecule has 0 aromatic rings. The second kappa shape index (κ2) is 15.1. The van der Waals surface area contributed by atoms with Crippen molar-refractivity contribution >= 4 is 24.0 Å². The zero-order chi connectivity index (χ0) is 23.1. The van der Waals surface area contributed by atoms with Crippen LogP contribution in [0.3, 0.4) is 0 Å². The predicted octanol–water partition coefficient (Wildman–Crippen LogP) is 1.51. The van der Waals surface area contributed by atoms with Crippen LogP contribution in [0.5, 0.6) is 0 Å². The molecule has 172 valence electrons. The van der Waals surface area contributed by atoms with E-state index in [4.69, 9.17) is 9.47 Å². The van der Waals surface area contributed by atoms with Gasteiger partial charge in [0.1, 0.15) is 13.2 Å². The Balaban J connectivity index is 4.46. The van der Waals surface area contributed by atoms with Crippen LogP contribution in [0.25, 0.3) is 0 Å². The number of nitrogens with one attached hydrogen (secondary N) is 2. The van der Waals surface area contributed by atoms with Gasteiger partial charge in [-0.1, -0.05) is 0 Å². The Labute approximate surface area is 178 Å². The van der Waals surface area contributed by atoms with Crippen LogP contribution in [-0.4, -0.2) is 85.3 Å². The van der Waals surface area contributed by atoms with Gasteiger partial charge in [0.2, 0.25) is 0 Å². The second-order valence-corrected chi connectivity index (χ2v) is 6.53. The molecule has 0 aromatic carbocycles. The van der Waals surface area contributed by atoms with Gasteiger partial charge in [-0.3, -0.25) is 0 Å². The van der Waals surface area contributed by atoms with Gasteiger partial charge in [0, 0.05) is 38.3 Å². The number of nitrogens with zero attached hydrogens (tertiary/aromatic N) is 2. The Bertz CT molecular complexity index is 546. The minimum absolute atomic E-state index is 0.00176. The molecule has 30 heavy (non-hydrogen) atoms. The minimum Gasteiger partial charge on any atom is -0.460 e. The van der Waals surface area contributed by atoms with Crippen LogP contribution >= 0.6 is 0 Å². The van der Waals surface area contributed by atoms with Gasteiger partial charge >= 0.3 is 24.0 Å². The van der Waals surface area contributed by atoms with E-state index in [1.165, 1.54) is 0 Å². The van der Waals surface area contributed by atoms with Gasteiger partial charge in [-0.25, -0.2) is 19.2 Å². The molecule has 2 N–H and O–H groups in total. The molecule has 0 rings (SSSR count). The summed E-state index contributed by atoms with van der Waals surface area (Å²) in [5.74, 6) is -1.42. The van der Waals surface area contributed by atoms with Gasteiger partial charge in [0.05, 0.1) is 12.1 Å². The summed E-state index contributed by atoms with van der Waals surface area (Å²) >= 11 is 0. The third-order valence-electron chi connectivity index (χ3n) is 4.21. The average molecular weight is 429 g/mol. The van der Waals surface area contributed by atoms with E-state index in [2.05, 4.69) is 10.6 Å². The lowest BCUT2D eigenvalue weighted by Crippen LogP contribution is -2.46. The fraction of sp³-hybridized carbons (Fsp3) is 0.700. The maximum absolute atomic E-state index is 11.9. The number of amides is 4. The van der Waals surface area contributed by atoms with E-state index in [0.29, 0.717) is 26.2 Å². The van der Waals surface area contributed by atoms with E-state index in [0.717, 1.165) is 12.2 Å². The third kappa shape index (κ3) is 10.1. The minimum atomic E-state index is -0.712. The molecular weight excluding hydrogens is 392 g/mol. The maximum atomic E-state index is 11.9. The first kappa shape index (κ1) is 27.2. The lowest BCUT2D eigenvalue weighted by atomic mass is 10.3. The molecule has 0 fully saturated rings. The largest absolute Gasteiger partial charge is 0.460 e. The Hall–Kier alpha value is -2.78. The Kier molecular flexibility index (Phi) is 13.7. The molecule has 0 heterocycles. The Morgan fingerprint density at radius 3 is 1.33 bits per heavy atom. The van der Waals surface area contributed by atoms with E-state index in [-0.39, 0.29) is 37.4 Å². The van der Waals surface area contributed by atoms with Crippen LogP contribution < -0.4 is 10.6 Å². The summed E-state index contributed by atoms with van der Waals surface area (Å²) in [7, 11) is 0. The molecule has 0 aromatic heterocycles. The molecule has 0 aliphatic rings. The topological polar surface area (TPSA) is 117 Å². The smallest absolute Gasteiger partial charge is 0.331 e. The number of hydrogen-bond donors (Lipinski definition) is 2. The molecule has 0 aliphatic heterocycles. The fourth-order valence-corrected chi connectivity index (χ4v) is 2.63.